The quantitative estimate of drug-likeness (QED) is 0.624. The van der Waals surface area contributed by atoms with Crippen molar-refractivity contribution in [2.75, 3.05) is 44.3 Å². The molecule has 1 N–H and O–H groups in total. The summed E-state index contributed by atoms with van der Waals surface area (Å²) in [6.45, 7) is 7.60. The van der Waals surface area contributed by atoms with Crippen molar-refractivity contribution in [2.45, 2.75) is 32.4 Å². The molecular formula is C26H29FN6O2. The molecule has 6 rings (SSSR count). The fourth-order valence-electron chi connectivity index (χ4n) is 5.50. The summed E-state index contributed by atoms with van der Waals surface area (Å²) < 4.78 is 22.0. The summed E-state index contributed by atoms with van der Waals surface area (Å²) in [6, 6.07) is 9.26. The second-order valence-corrected chi connectivity index (χ2v) is 9.47. The lowest BCUT2D eigenvalue weighted by molar-refractivity contribution is 0.0137. The van der Waals surface area contributed by atoms with Gasteiger partial charge in [0.25, 0.3) is 5.91 Å². The normalized spacial score (nSPS) is 20.7. The van der Waals surface area contributed by atoms with E-state index in [0.29, 0.717) is 40.8 Å². The number of anilines is 1. The number of benzene rings is 1. The average molecular weight is 477 g/mol. The van der Waals surface area contributed by atoms with Gasteiger partial charge in [0.2, 0.25) is 0 Å². The van der Waals surface area contributed by atoms with Crippen molar-refractivity contribution in [3.8, 4) is 16.9 Å². The molecule has 2 fully saturated rings. The Labute approximate surface area is 203 Å². The molecule has 1 amide bonds. The highest BCUT2D eigenvalue weighted by atomic mass is 19.1. The van der Waals surface area contributed by atoms with Crippen LogP contribution in [-0.4, -0.2) is 71.0 Å². The smallest absolute Gasteiger partial charge is 0.255 e. The standard InChI is InChI=1S/C26H29FN6O2/c1-17-4-2-6-19(27)24(17)20-14-22(25-21(29-20)15-28-26(25)34)33-9-7-23(30-33)32-8-3-5-18(16-32)31-10-12-35-13-11-31/h2,4,6-7,9,14,18H,3,5,8,10-13,15-16H2,1H3,(H,28,34). The number of nitrogens with one attached hydrogen (secondary N) is 1. The van der Waals surface area contributed by atoms with E-state index < -0.39 is 0 Å². The van der Waals surface area contributed by atoms with E-state index in [1.165, 1.54) is 12.5 Å². The van der Waals surface area contributed by atoms with Crippen molar-refractivity contribution in [1.82, 2.24) is 25.0 Å². The molecule has 8 nitrogen and oxygen atoms in total. The van der Waals surface area contributed by atoms with E-state index in [-0.39, 0.29) is 11.7 Å². The monoisotopic (exact) mass is 476 g/mol. The van der Waals surface area contributed by atoms with Crippen LogP contribution in [0.1, 0.15) is 34.5 Å². The Morgan fingerprint density at radius 3 is 2.83 bits per heavy atom. The summed E-state index contributed by atoms with van der Waals surface area (Å²) in [4.78, 5) is 22.2. The molecule has 35 heavy (non-hydrogen) atoms. The fraction of sp³-hybridized carbons (Fsp3) is 0.423. The van der Waals surface area contributed by atoms with Gasteiger partial charge >= 0.3 is 0 Å². The molecule has 0 aliphatic carbocycles. The highest BCUT2D eigenvalue weighted by molar-refractivity contribution is 6.01. The number of aryl methyl sites for hydroxylation is 1. The van der Waals surface area contributed by atoms with Crippen LogP contribution in [0.5, 0.6) is 0 Å². The Kier molecular flexibility index (Phi) is 5.74. The maximum absolute atomic E-state index is 14.8. The predicted molar refractivity (Wildman–Crippen MR) is 130 cm³/mol. The van der Waals surface area contributed by atoms with Gasteiger partial charge in [-0.25, -0.2) is 14.1 Å². The van der Waals surface area contributed by atoms with Crippen molar-refractivity contribution in [3.05, 3.63) is 59.2 Å². The summed E-state index contributed by atoms with van der Waals surface area (Å²) in [7, 11) is 0. The number of halogens is 1. The molecule has 0 radical (unpaired) electrons. The van der Waals surface area contributed by atoms with Gasteiger partial charge in [-0.1, -0.05) is 12.1 Å². The molecule has 5 heterocycles. The molecule has 0 saturated carbocycles. The Bertz CT molecular complexity index is 1250. The lowest BCUT2D eigenvalue weighted by Crippen LogP contribution is -2.51. The van der Waals surface area contributed by atoms with Crippen molar-refractivity contribution >= 4 is 11.7 Å². The van der Waals surface area contributed by atoms with Gasteiger partial charge in [-0.15, -0.1) is 0 Å². The molecule has 182 valence electrons. The topological polar surface area (TPSA) is 75.5 Å². The van der Waals surface area contributed by atoms with Crippen LogP contribution in [0.4, 0.5) is 10.2 Å². The number of amides is 1. The zero-order valence-corrected chi connectivity index (χ0v) is 19.8. The molecule has 9 heteroatoms. The zero-order chi connectivity index (χ0) is 23.9. The van der Waals surface area contributed by atoms with E-state index in [2.05, 4.69) is 20.1 Å². The van der Waals surface area contributed by atoms with Crippen molar-refractivity contribution in [2.24, 2.45) is 0 Å². The van der Waals surface area contributed by atoms with E-state index in [0.717, 1.165) is 57.2 Å². The van der Waals surface area contributed by atoms with Crippen LogP contribution >= 0.6 is 0 Å². The molecule has 0 bridgehead atoms. The Morgan fingerprint density at radius 2 is 2.00 bits per heavy atom. The Morgan fingerprint density at radius 1 is 1.14 bits per heavy atom. The summed E-state index contributed by atoms with van der Waals surface area (Å²) in [5, 5.41) is 7.73. The highest BCUT2D eigenvalue weighted by Crippen LogP contribution is 2.32. The molecule has 3 aliphatic rings. The summed E-state index contributed by atoms with van der Waals surface area (Å²) in [6.07, 6.45) is 4.17. The Hall–Kier alpha value is -3.30. The van der Waals surface area contributed by atoms with Gasteiger partial charge in [-0.05, 0) is 37.5 Å². The number of morpholine rings is 1. The number of fused-ring (bicyclic) bond motifs is 1. The minimum atomic E-state index is -0.329. The number of piperidine rings is 1. The summed E-state index contributed by atoms with van der Waals surface area (Å²) in [5.41, 5.74) is 3.50. The van der Waals surface area contributed by atoms with Crippen LogP contribution in [0, 0.1) is 12.7 Å². The number of hydrogen-bond donors (Lipinski definition) is 1. The third-order valence-corrected chi connectivity index (χ3v) is 7.30. The summed E-state index contributed by atoms with van der Waals surface area (Å²) in [5.74, 6) is 0.376. The first-order valence-electron chi connectivity index (χ1n) is 12.3. The second kappa shape index (κ2) is 9.05. The van der Waals surface area contributed by atoms with E-state index in [1.54, 1.807) is 16.8 Å². The molecule has 1 unspecified atom stereocenters. The first kappa shape index (κ1) is 22.2. The van der Waals surface area contributed by atoms with E-state index in [4.69, 9.17) is 9.84 Å². The molecule has 3 aromatic rings. The van der Waals surface area contributed by atoms with Crippen LogP contribution in [0.3, 0.4) is 0 Å². The molecule has 3 aliphatic heterocycles. The van der Waals surface area contributed by atoms with Crippen LogP contribution in [0.2, 0.25) is 0 Å². The number of carbonyl (C=O) groups excluding carboxylic acids is 1. The lowest BCUT2D eigenvalue weighted by Gasteiger charge is -2.40. The van der Waals surface area contributed by atoms with Gasteiger partial charge in [0.15, 0.2) is 5.82 Å². The number of aromatic nitrogens is 3. The molecule has 1 aromatic carbocycles. The first-order chi connectivity index (χ1) is 17.1. The van der Waals surface area contributed by atoms with E-state index in [1.807, 2.05) is 25.3 Å². The minimum Gasteiger partial charge on any atom is -0.379 e. The number of rotatable bonds is 4. The molecule has 2 aromatic heterocycles. The second-order valence-electron chi connectivity index (χ2n) is 9.47. The van der Waals surface area contributed by atoms with Gasteiger partial charge in [-0.3, -0.25) is 9.69 Å². The third-order valence-electron chi connectivity index (χ3n) is 7.30. The average Bonchev–Trinajstić information content (AvgIpc) is 3.52. The van der Waals surface area contributed by atoms with Gasteiger partial charge in [0.05, 0.1) is 42.4 Å². The van der Waals surface area contributed by atoms with E-state index in [9.17, 15) is 9.18 Å². The highest BCUT2D eigenvalue weighted by Gasteiger charge is 2.30. The van der Waals surface area contributed by atoms with Gasteiger partial charge < -0.3 is 15.0 Å². The van der Waals surface area contributed by atoms with Crippen LogP contribution in [0.25, 0.3) is 16.9 Å². The number of hydrogen-bond acceptors (Lipinski definition) is 6. The molecule has 0 spiro atoms. The van der Waals surface area contributed by atoms with Crippen LogP contribution in [-0.2, 0) is 11.3 Å². The zero-order valence-electron chi connectivity index (χ0n) is 19.8. The number of pyridine rings is 1. The van der Waals surface area contributed by atoms with Crippen LogP contribution < -0.4 is 10.2 Å². The molecule has 1 atom stereocenters. The van der Waals surface area contributed by atoms with Gasteiger partial charge in [-0.2, -0.15) is 5.10 Å². The first-order valence-corrected chi connectivity index (χ1v) is 12.3. The number of carbonyl (C=O) groups is 1. The Balaban J connectivity index is 1.34. The minimum absolute atomic E-state index is 0.179. The van der Waals surface area contributed by atoms with Crippen molar-refractivity contribution in [3.63, 3.8) is 0 Å². The van der Waals surface area contributed by atoms with Gasteiger partial charge in [0, 0.05) is 50.0 Å². The molecule has 2 saturated heterocycles. The maximum atomic E-state index is 14.8. The maximum Gasteiger partial charge on any atom is 0.255 e. The fourth-order valence-corrected chi connectivity index (χ4v) is 5.50. The lowest BCUT2D eigenvalue weighted by atomic mass is 10.0. The van der Waals surface area contributed by atoms with Gasteiger partial charge in [0.1, 0.15) is 5.82 Å². The third kappa shape index (κ3) is 4.08. The summed E-state index contributed by atoms with van der Waals surface area (Å²) >= 11 is 0. The van der Waals surface area contributed by atoms with E-state index >= 15 is 0 Å². The number of ether oxygens (including phenoxy) is 1. The SMILES string of the molecule is Cc1cccc(F)c1-c1cc(-n2ccc(N3CCCC(N4CCOCC4)C3)n2)c2c(n1)CNC2=O. The predicted octanol–water partition coefficient (Wildman–Crippen LogP) is 2.93. The molecular weight excluding hydrogens is 447 g/mol. The number of nitrogens with zero attached hydrogens (tertiary/aromatic N) is 5. The van der Waals surface area contributed by atoms with Crippen molar-refractivity contribution < 1.29 is 13.9 Å². The van der Waals surface area contributed by atoms with Crippen molar-refractivity contribution in [1.29, 1.82) is 0 Å². The van der Waals surface area contributed by atoms with Crippen LogP contribution in [0.15, 0.2) is 36.5 Å². The largest absolute Gasteiger partial charge is 0.379 e.